The minimum atomic E-state index is -3.45. The van der Waals surface area contributed by atoms with Gasteiger partial charge in [0.1, 0.15) is 0 Å². The topological polar surface area (TPSA) is 63.2 Å². The lowest BCUT2D eigenvalue weighted by atomic mass is 9.90. The van der Waals surface area contributed by atoms with Crippen LogP contribution in [0.1, 0.15) is 17.0 Å². The molecule has 0 aliphatic heterocycles. The fourth-order valence-electron chi connectivity index (χ4n) is 2.88. The van der Waals surface area contributed by atoms with Crippen LogP contribution in [-0.4, -0.2) is 20.6 Å². The van der Waals surface area contributed by atoms with E-state index < -0.39 is 15.8 Å². The molecule has 0 aliphatic carbocycles. The average Bonchev–Trinajstić information content (AvgIpc) is 2.63. The number of hydrogen-bond donors (Lipinski definition) is 1. The van der Waals surface area contributed by atoms with E-state index in [1.54, 1.807) is 18.2 Å². The van der Waals surface area contributed by atoms with Crippen LogP contribution in [0.15, 0.2) is 89.8 Å². The molecular formula is C21H19NO3S. The molecule has 0 aromatic heterocycles. The quantitative estimate of drug-likeness (QED) is 0.747. The first kappa shape index (κ1) is 17.9. The molecule has 1 N–H and O–H groups in total. The maximum atomic E-state index is 13.1. The Labute approximate surface area is 153 Å². The third-order valence-corrected chi connectivity index (χ3v) is 5.23. The average molecular weight is 365 g/mol. The van der Waals surface area contributed by atoms with Crippen molar-refractivity contribution in [2.75, 3.05) is 11.6 Å². The van der Waals surface area contributed by atoms with Gasteiger partial charge in [0.2, 0.25) is 5.91 Å². The molecule has 4 nitrogen and oxygen atoms in total. The predicted octanol–water partition coefficient (Wildman–Crippen LogP) is 3.86. The molecule has 5 heteroatoms. The zero-order valence-corrected chi connectivity index (χ0v) is 15.1. The number of amides is 1. The van der Waals surface area contributed by atoms with Gasteiger partial charge < -0.3 is 5.32 Å². The van der Waals surface area contributed by atoms with Gasteiger partial charge in [-0.05, 0) is 23.3 Å². The molecule has 3 rings (SSSR count). The smallest absolute Gasteiger partial charge is 0.236 e. The molecule has 0 spiro atoms. The van der Waals surface area contributed by atoms with Crippen molar-refractivity contribution in [3.05, 3.63) is 96.1 Å². The van der Waals surface area contributed by atoms with Gasteiger partial charge in [0, 0.05) is 6.26 Å². The third kappa shape index (κ3) is 4.00. The molecule has 26 heavy (non-hydrogen) atoms. The standard InChI is InChI=1S/C21H19NO3S/c1-26(24,25)19-15-9-8-14-18(19)22-21(23)20(16-10-4-2-5-11-16)17-12-6-3-7-13-17/h2-15,20H,1H3,(H,22,23). The Balaban J connectivity index is 2.01. The Hall–Kier alpha value is -2.92. The first-order chi connectivity index (χ1) is 12.5. The van der Waals surface area contributed by atoms with Gasteiger partial charge in [0.25, 0.3) is 0 Å². The molecule has 3 aromatic rings. The van der Waals surface area contributed by atoms with E-state index in [0.717, 1.165) is 17.4 Å². The number of carbonyl (C=O) groups is 1. The van der Waals surface area contributed by atoms with Gasteiger partial charge in [-0.1, -0.05) is 72.8 Å². The highest BCUT2D eigenvalue weighted by Gasteiger charge is 2.24. The van der Waals surface area contributed by atoms with Crippen molar-refractivity contribution < 1.29 is 13.2 Å². The lowest BCUT2D eigenvalue weighted by molar-refractivity contribution is -0.116. The van der Waals surface area contributed by atoms with Crippen molar-refractivity contribution in [1.29, 1.82) is 0 Å². The Kier molecular flexibility index (Phi) is 5.19. The van der Waals surface area contributed by atoms with Crippen LogP contribution in [0.3, 0.4) is 0 Å². The number of carbonyl (C=O) groups excluding carboxylic acids is 1. The second-order valence-corrected chi connectivity index (χ2v) is 8.00. The molecule has 0 heterocycles. The van der Waals surface area contributed by atoms with E-state index >= 15 is 0 Å². The van der Waals surface area contributed by atoms with Crippen molar-refractivity contribution in [3.63, 3.8) is 0 Å². The predicted molar refractivity (Wildman–Crippen MR) is 103 cm³/mol. The monoisotopic (exact) mass is 365 g/mol. The summed E-state index contributed by atoms with van der Waals surface area (Å²) in [4.78, 5) is 13.2. The summed E-state index contributed by atoms with van der Waals surface area (Å²) in [5, 5.41) is 2.80. The second kappa shape index (κ2) is 7.54. The minimum Gasteiger partial charge on any atom is -0.324 e. The highest BCUT2D eigenvalue weighted by Crippen LogP contribution is 2.28. The molecule has 3 aromatic carbocycles. The molecule has 1 amide bonds. The third-order valence-electron chi connectivity index (χ3n) is 4.07. The summed E-state index contributed by atoms with van der Waals surface area (Å²) in [6.07, 6.45) is 1.13. The molecule has 0 fully saturated rings. The molecule has 0 saturated heterocycles. The van der Waals surface area contributed by atoms with Crippen molar-refractivity contribution in [2.45, 2.75) is 10.8 Å². The Morgan fingerprint density at radius 1 is 0.769 bits per heavy atom. The van der Waals surface area contributed by atoms with Crippen LogP contribution in [0.25, 0.3) is 0 Å². The van der Waals surface area contributed by atoms with Crippen LogP contribution in [0, 0.1) is 0 Å². The number of benzene rings is 3. The summed E-state index contributed by atoms with van der Waals surface area (Å²) in [5.74, 6) is -0.816. The van der Waals surface area contributed by atoms with Gasteiger partial charge in [-0.3, -0.25) is 4.79 Å². The maximum absolute atomic E-state index is 13.1. The number of rotatable bonds is 5. The molecule has 0 aliphatic rings. The number of anilines is 1. The number of hydrogen-bond acceptors (Lipinski definition) is 3. The second-order valence-electron chi connectivity index (χ2n) is 6.01. The van der Waals surface area contributed by atoms with E-state index in [1.807, 2.05) is 60.7 Å². The molecule has 0 atom stereocenters. The Morgan fingerprint density at radius 3 is 1.73 bits per heavy atom. The summed E-state index contributed by atoms with van der Waals surface area (Å²) in [6.45, 7) is 0. The fraction of sp³-hybridized carbons (Fsp3) is 0.0952. The van der Waals surface area contributed by atoms with Gasteiger partial charge in [0.15, 0.2) is 9.84 Å². The first-order valence-corrected chi connectivity index (χ1v) is 10.1. The van der Waals surface area contributed by atoms with Crippen LogP contribution < -0.4 is 5.32 Å². The van der Waals surface area contributed by atoms with E-state index in [2.05, 4.69) is 5.32 Å². The van der Waals surface area contributed by atoms with Crippen LogP contribution >= 0.6 is 0 Å². The summed E-state index contributed by atoms with van der Waals surface area (Å²) in [5.41, 5.74) is 1.97. The first-order valence-electron chi connectivity index (χ1n) is 8.16. The molecule has 0 saturated carbocycles. The van der Waals surface area contributed by atoms with Crippen molar-refractivity contribution in [1.82, 2.24) is 0 Å². The number of sulfone groups is 1. The number of para-hydroxylation sites is 1. The Bertz CT molecular complexity index is 960. The van der Waals surface area contributed by atoms with Gasteiger partial charge >= 0.3 is 0 Å². The zero-order chi connectivity index (χ0) is 18.6. The minimum absolute atomic E-state index is 0.105. The van der Waals surface area contributed by atoms with E-state index in [1.165, 1.54) is 6.07 Å². The lowest BCUT2D eigenvalue weighted by Gasteiger charge is -2.19. The van der Waals surface area contributed by atoms with Crippen molar-refractivity contribution in [2.24, 2.45) is 0 Å². The van der Waals surface area contributed by atoms with Gasteiger partial charge in [-0.25, -0.2) is 8.42 Å². The van der Waals surface area contributed by atoms with Gasteiger partial charge in [-0.15, -0.1) is 0 Å². The van der Waals surface area contributed by atoms with E-state index in [9.17, 15) is 13.2 Å². The normalized spacial score (nSPS) is 11.3. The maximum Gasteiger partial charge on any atom is 0.236 e. The highest BCUT2D eigenvalue weighted by molar-refractivity contribution is 7.90. The molecule has 0 unspecified atom stereocenters. The summed E-state index contributed by atoms with van der Waals surface area (Å²) < 4.78 is 24.0. The highest BCUT2D eigenvalue weighted by atomic mass is 32.2. The van der Waals surface area contributed by atoms with Crippen LogP contribution in [0.4, 0.5) is 5.69 Å². The largest absolute Gasteiger partial charge is 0.324 e. The van der Waals surface area contributed by atoms with Crippen molar-refractivity contribution in [3.8, 4) is 0 Å². The van der Waals surface area contributed by atoms with Gasteiger partial charge in [-0.2, -0.15) is 0 Å². The fourth-order valence-corrected chi connectivity index (χ4v) is 3.73. The number of nitrogens with one attached hydrogen (secondary N) is 1. The van der Waals surface area contributed by atoms with E-state index in [-0.39, 0.29) is 16.5 Å². The molecule has 132 valence electrons. The lowest BCUT2D eigenvalue weighted by Crippen LogP contribution is -2.23. The van der Waals surface area contributed by atoms with Gasteiger partial charge in [0.05, 0.1) is 16.5 Å². The summed E-state index contributed by atoms with van der Waals surface area (Å²) in [6, 6.07) is 25.3. The van der Waals surface area contributed by atoms with E-state index in [0.29, 0.717) is 0 Å². The molecule has 0 bridgehead atoms. The van der Waals surface area contributed by atoms with E-state index in [4.69, 9.17) is 0 Å². The Morgan fingerprint density at radius 2 is 1.23 bits per heavy atom. The van der Waals surface area contributed by atoms with Crippen molar-refractivity contribution >= 4 is 21.4 Å². The summed E-state index contributed by atoms with van der Waals surface area (Å²) >= 11 is 0. The SMILES string of the molecule is CS(=O)(=O)c1ccccc1NC(=O)C(c1ccccc1)c1ccccc1. The zero-order valence-electron chi connectivity index (χ0n) is 14.3. The summed E-state index contributed by atoms with van der Waals surface area (Å²) in [7, 11) is -3.45. The van der Waals surface area contributed by atoms with Crippen LogP contribution in [-0.2, 0) is 14.6 Å². The van der Waals surface area contributed by atoms with Crippen LogP contribution in [0.2, 0.25) is 0 Å². The molecular weight excluding hydrogens is 346 g/mol. The van der Waals surface area contributed by atoms with Crippen LogP contribution in [0.5, 0.6) is 0 Å². The molecule has 0 radical (unpaired) electrons.